The van der Waals surface area contributed by atoms with E-state index in [0.717, 1.165) is 45.9 Å². The Labute approximate surface area is 214 Å². The molecule has 35 heavy (non-hydrogen) atoms. The fraction of sp³-hybridized carbons (Fsp3) is 0.391. The topological polar surface area (TPSA) is 120 Å². The molecule has 0 saturated heterocycles. The second-order valence-electron chi connectivity index (χ2n) is 8.44. The fourth-order valence-corrected chi connectivity index (χ4v) is 5.37. The van der Waals surface area contributed by atoms with Gasteiger partial charge in [0.2, 0.25) is 11.9 Å². The summed E-state index contributed by atoms with van der Waals surface area (Å²) in [5.41, 5.74) is 2.58. The van der Waals surface area contributed by atoms with Crippen LogP contribution in [0.3, 0.4) is 0 Å². The summed E-state index contributed by atoms with van der Waals surface area (Å²) in [5.74, 6) is 0.595. The lowest BCUT2D eigenvalue weighted by Gasteiger charge is -2.14. The van der Waals surface area contributed by atoms with Crippen LogP contribution in [0.2, 0.25) is 0 Å². The standard InChI is InChI=1S/C23H25BrN8O2S/c1-13-29-30-22(35-13)14-4-7-17(8-5-14)32-20-18(19(24)31-32)12-26-23(28-20)27-16-6-3-15(11-16)21(33)25-9-10-34-2/h4-5,7-8,12,15-16H,3,6,9-11H2,1-2H3,(H,25,33)(H,26,27,28)/t15-,16?/m1/s1. The number of anilines is 1. The van der Waals surface area contributed by atoms with Crippen molar-refractivity contribution in [2.45, 2.75) is 32.2 Å². The van der Waals surface area contributed by atoms with Crippen molar-refractivity contribution in [3.05, 3.63) is 40.1 Å². The van der Waals surface area contributed by atoms with Crippen molar-refractivity contribution < 1.29 is 9.53 Å². The SMILES string of the molecule is COCCNC(=O)[C@@H]1CCC(Nc2ncc3c(Br)nn(-c4ccc(-c5nnc(C)s5)cc4)c3n2)C1. The van der Waals surface area contributed by atoms with Crippen LogP contribution >= 0.6 is 27.3 Å². The van der Waals surface area contributed by atoms with Gasteiger partial charge in [-0.1, -0.05) is 11.3 Å². The van der Waals surface area contributed by atoms with Gasteiger partial charge in [0.15, 0.2) is 5.65 Å². The Kier molecular flexibility index (Phi) is 7.02. The maximum atomic E-state index is 12.4. The number of methoxy groups -OCH3 is 1. The predicted octanol–water partition coefficient (Wildman–Crippen LogP) is 3.75. The first kappa shape index (κ1) is 23.8. The highest BCUT2D eigenvalue weighted by Gasteiger charge is 2.30. The summed E-state index contributed by atoms with van der Waals surface area (Å²) < 4.78 is 7.47. The van der Waals surface area contributed by atoms with Crippen molar-refractivity contribution in [1.82, 2.24) is 35.3 Å². The smallest absolute Gasteiger partial charge is 0.224 e. The van der Waals surface area contributed by atoms with Gasteiger partial charge >= 0.3 is 0 Å². The van der Waals surface area contributed by atoms with E-state index in [1.165, 1.54) is 0 Å². The van der Waals surface area contributed by atoms with E-state index in [1.54, 1.807) is 29.3 Å². The highest BCUT2D eigenvalue weighted by molar-refractivity contribution is 9.10. The lowest BCUT2D eigenvalue weighted by Crippen LogP contribution is -2.32. The van der Waals surface area contributed by atoms with E-state index in [9.17, 15) is 4.79 Å². The van der Waals surface area contributed by atoms with Crippen molar-refractivity contribution in [2.24, 2.45) is 5.92 Å². The van der Waals surface area contributed by atoms with Crippen LogP contribution in [0.5, 0.6) is 0 Å². The lowest BCUT2D eigenvalue weighted by atomic mass is 10.1. The number of benzene rings is 1. The molecule has 12 heteroatoms. The van der Waals surface area contributed by atoms with Crippen molar-refractivity contribution in [1.29, 1.82) is 0 Å². The Balaban J connectivity index is 1.32. The molecule has 2 atom stereocenters. The van der Waals surface area contributed by atoms with Gasteiger partial charge in [-0.3, -0.25) is 4.79 Å². The molecule has 182 valence electrons. The summed E-state index contributed by atoms with van der Waals surface area (Å²) in [5, 5.41) is 21.9. The van der Waals surface area contributed by atoms with E-state index < -0.39 is 0 Å². The van der Waals surface area contributed by atoms with Crippen LogP contribution in [-0.4, -0.2) is 62.2 Å². The summed E-state index contributed by atoms with van der Waals surface area (Å²) in [4.78, 5) is 21.6. The van der Waals surface area contributed by atoms with Crippen LogP contribution in [0, 0.1) is 12.8 Å². The van der Waals surface area contributed by atoms with Crippen molar-refractivity contribution in [3.8, 4) is 16.3 Å². The van der Waals surface area contributed by atoms with Crippen LogP contribution in [0.4, 0.5) is 5.95 Å². The number of amides is 1. The van der Waals surface area contributed by atoms with Gasteiger partial charge in [-0.05, 0) is 66.4 Å². The van der Waals surface area contributed by atoms with Gasteiger partial charge < -0.3 is 15.4 Å². The third-order valence-electron chi connectivity index (χ3n) is 6.01. The maximum absolute atomic E-state index is 12.4. The van der Waals surface area contributed by atoms with E-state index >= 15 is 0 Å². The van der Waals surface area contributed by atoms with Crippen molar-refractivity contribution in [3.63, 3.8) is 0 Å². The zero-order valence-corrected chi connectivity index (χ0v) is 21.8. The minimum Gasteiger partial charge on any atom is -0.383 e. The highest BCUT2D eigenvalue weighted by Crippen LogP contribution is 2.30. The Bertz CT molecular complexity index is 1340. The molecule has 3 aromatic heterocycles. The number of rotatable bonds is 8. The molecule has 1 aromatic carbocycles. The molecule has 0 aliphatic heterocycles. The molecule has 3 heterocycles. The van der Waals surface area contributed by atoms with Crippen molar-refractivity contribution >= 4 is 50.2 Å². The number of aromatic nitrogens is 6. The maximum Gasteiger partial charge on any atom is 0.224 e. The average Bonchev–Trinajstić information content (AvgIpc) is 3.59. The molecule has 4 aromatic rings. The van der Waals surface area contributed by atoms with Gasteiger partial charge in [-0.25, -0.2) is 9.67 Å². The molecule has 5 rings (SSSR count). The highest BCUT2D eigenvalue weighted by atomic mass is 79.9. The van der Waals surface area contributed by atoms with E-state index in [-0.39, 0.29) is 17.9 Å². The van der Waals surface area contributed by atoms with E-state index in [2.05, 4.69) is 46.8 Å². The van der Waals surface area contributed by atoms with Gasteiger partial charge in [0.05, 0.1) is 17.7 Å². The van der Waals surface area contributed by atoms with Crippen LogP contribution < -0.4 is 10.6 Å². The molecule has 0 spiro atoms. The zero-order chi connectivity index (χ0) is 24.4. The molecule has 1 saturated carbocycles. The minimum absolute atomic E-state index is 0.0110. The molecule has 1 aliphatic carbocycles. The van der Waals surface area contributed by atoms with Crippen LogP contribution in [0.15, 0.2) is 35.1 Å². The van der Waals surface area contributed by atoms with Gasteiger partial charge in [-0.2, -0.15) is 10.1 Å². The fourth-order valence-electron chi connectivity index (χ4n) is 4.23. The zero-order valence-electron chi connectivity index (χ0n) is 19.4. The first-order chi connectivity index (χ1) is 17.0. The summed E-state index contributed by atoms with van der Waals surface area (Å²) in [7, 11) is 1.62. The number of carbonyl (C=O) groups excluding carboxylic acids is 1. The molecular formula is C23H25BrN8O2S. The molecule has 0 bridgehead atoms. The minimum atomic E-state index is -0.0110. The monoisotopic (exact) mass is 556 g/mol. The normalized spacial score (nSPS) is 17.7. The van der Waals surface area contributed by atoms with Gasteiger partial charge in [0.25, 0.3) is 0 Å². The Hall–Kier alpha value is -2.96. The largest absolute Gasteiger partial charge is 0.383 e. The first-order valence-corrected chi connectivity index (χ1v) is 13.0. The summed E-state index contributed by atoms with van der Waals surface area (Å²) >= 11 is 5.09. The summed E-state index contributed by atoms with van der Waals surface area (Å²) in [6, 6.07) is 8.13. The molecular weight excluding hydrogens is 532 g/mol. The molecule has 1 aliphatic rings. The van der Waals surface area contributed by atoms with E-state index in [4.69, 9.17) is 9.72 Å². The molecule has 10 nitrogen and oxygen atoms in total. The molecule has 1 unspecified atom stereocenters. The average molecular weight is 557 g/mol. The van der Waals surface area contributed by atoms with Crippen LogP contribution in [0.25, 0.3) is 27.3 Å². The number of nitrogens with one attached hydrogen (secondary N) is 2. The third kappa shape index (κ3) is 5.19. The van der Waals surface area contributed by atoms with Gasteiger partial charge in [0.1, 0.15) is 14.6 Å². The first-order valence-electron chi connectivity index (χ1n) is 11.4. The Morgan fingerprint density at radius 1 is 1.26 bits per heavy atom. The molecule has 1 amide bonds. The van der Waals surface area contributed by atoms with Gasteiger partial charge in [-0.15, -0.1) is 10.2 Å². The third-order valence-corrected chi connectivity index (χ3v) is 7.48. The number of aryl methyl sites for hydroxylation is 1. The van der Waals surface area contributed by atoms with Crippen LogP contribution in [-0.2, 0) is 9.53 Å². The number of ether oxygens (including phenoxy) is 1. The quantitative estimate of drug-likeness (QED) is 0.315. The summed E-state index contributed by atoms with van der Waals surface area (Å²) in [6.07, 6.45) is 4.23. The molecule has 1 fully saturated rings. The second kappa shape index (κ2) is 10.3. The summed E-state index contributed by atoms with van der Waals surface area (Å²) in [6.45, 7) is 2.99. The molecule has 2 N–H and O–H groups in total. The lowest BCUT2D eigenvalue weighted by molar-refractivity contribution is -0.125. The second-order valence-corrected chi connectivity index (χ2v) is 10.4. The predicted molar refractivity (Wildman–Crippen MR) is 138 cm³/mol. The number of carbonyl (C=O) groups is 1. The van der Waals surface area contributed by atoms with E-state index in [1.807, 2.05) is 31.2 Å². The van der Waals surface area contributed by atoms with E-state index in [0.29, 0.717) is 29.4 Å². The molecule has 0 radical (unpaired) electrons. The number of nitrogens with zero attached hydrogens (tertiary/aromatic N) is 6. The Morgan fingerprint density at radius 2 is 2.09 bits per heavy atom. The van der Waals surface area contributed by atoms with Crippen LogP contribution in [0.1, 0.15) is 24.3 Å². The van der Waals surface area contributed by atoms with Gasteiger partial charge in [0, 0.05) is 37.4 Å². The Morgan fingerprint density at radius 3 is 2.83 bits per heavy atom. The number of fused-ring (bicyclic) bond motifs is 1. The number of halogens is 1. The number of hydrogen-bond donors (Lipinski definition) is 2. The van der Waals surface area contributed by atoms with Crippen molar-refractivity contribution in [2.75, 3.05) is 25.6 Å². The number of hydrogen-bond acceptors (Lipinski definition) is 9.